The summed E-state index contributed by atoms with van der Waals surface area (Å²) in [7, 11) is -3.72. The van der Waals surface area contributed by atoms with Crippen LogP contribution in [0, 0.1) is 13.8 Å². The predicted octanol–water partition coefficient (Wildman–Crippen LogP) is 2.62. The van der Waals surface area contributed by atoms with Crippen LogP contribution in [0.15, 0.2) is 48.5 Å². The molecule has 2 rings (SSSR count). The Kier molecular flexibility index (Phi) is 8.21. The molecule has 7 nitrogen and oxygen atoms in total. The number of nitrogens with zero attached hydrogens (tertiary/aromatic N) is 2. The molecule has 0 fully saturated rings. The lowest BCUT2D eigenvalue weighted by Gasteiger charge is -2.31. The molecule has 168 valence electrons. The second-order valence-electron chi connectivity index (χ2n) is 7.63. The maximum absolute atomic E-state index is 13.4. The minimum atomic E-state index is -3.72. The van der Waals surface area contributed by atoms with Crippen LogP contribution >= 0.6 is 0 Å². The fourth-order valence-electron chi connectivity index (χ4n) is 3.27. The third kappa shape index (κ3) is 6.55. The Morgan fingerprint density at radius 3 is 2.32 bits per heavy atom. The molecule has 0 spiro atoms. The van der Waals surface area contributed by atoms with Gasteiger partial charge in [-0.15, -0.1) is 0 Å². The number of sulfonamides is 1. The Morgan fingerprint density at radius 2 is 1.74 bits per heavy atom. The Labute approximate surface area is 185 Å². The normalized spacial score (nSPS) is 12.2. The molecular formula is C23H31N3O4S. The van der Waals surface area contributed by atoms with Crippen LogP contribution in [0.25, 0.3) is 0 Å². The van der Waals surface area contributed by atoms with Gasteiger partial charge in [-0.1, -0.05) is 36.4 Å². The van der Waals surface area contributed by atoms with Crippen molar-refractivity contribution in [3.63, 3.8) is 0 Å². The SMILES string of the molecule is CCNC(=O)[C@H](C)N(Cc1ccccc1C)C(=O)CN(c1cccc(C)c1)S(C)(=O)=O. The second kappa shape index (κ2) is 10.4. The van der Waals surface area contributed by atoms with Crippen LogP contribution in [0.3, 0.4) is 0 Å². The molecule has 0 saturated carbocycles. The number of hydrogen-bond acceptors (Lipinski definition) is 4. The maximum atomic E-state index is 13.4. The van der Waals surface area contributed by atoms with Gasteiger partial charge in [0.1, 0.15) is 12.6 Å². The van der Waals surface area contributed by atoms with Crippen LogP contribution in [0.1, 0.15) is 30.5 Å². The number of nitrogens with one attached hydrogen (secondary N) is 1. The van der Waals surface area contributed by atoms with Crippen LogP contribution in [0.4, 0.5) is 5.69 Å². The third-order valence-electron chi connectivity index (χ3n) is 5.09. The minimum Gasteiger partial charge on any atom is -0.355 e. The third-order valence-corrected chi connectivity index (χ3v) is 6.23. The smallest absolute Gasteiger partial charge is 0.244 e. The van der Waals surface area contributed by atoms with E-state index in [1.165, 1.54) is 4.90 Å². The fraction of sp³-hybridized carbons (Fsp3) is 0.391. The molecule has 0 saturated heterocycles. The number of carbonyl (C=O) groups excluding carboxylic acids is 2. The molecule has 0 aliphatic rings. The lowest BCUT2D eigenvalue weighted by Crippen LogP contribution is -2.51. The van der Waals surface area contributed by atoms with E-state index in [9.17, 15) is 18.0 Å². The van der Waals surface area contributed by atoms with Crippen LogP contribution in [0.2, 0.25) is 0 Å². The highest BCUT2D eigenvalue weighted by atomic mass is 32.2. The van der Waals surface area contributed by atoms with Crippen molar-refractivity contribution in [2.75, 3.05) is 23.7 Å². The van der Waals surface area contributed by atoms with Gasteiger partial charge in [-0.25, -0.2) is 8.42 Å². The van der Waals surface area contributed by atoms with E-state index in [0.29, 0.717) is 12.2 Å². The van der Waals surface area contributed by atoms with Gasteiger partial charge in [0.2, 0.25) is 21.8 Å². The van der Waals surface area contributed by atoms with Gasteiger partial charge in [0.25, 0.3) is 0 Å². The van der Waals surface area contributed by atoms with E-state index in [-0.39, 0.29) is 12.5 Å². The number of likely N-dealkylation sites (N-methyl/N-ethyl adjacent to an activating group) is 1. The van der Waals surface area contributed by atoms with Gasteiger partial charge < -0.3 is 10.2 Å². The molecule has 0 aliphatic heterocycles. The Morgan fingerprint density at radius 1 is 1.06 bits per heavy atom. The van der Waals surface area contributed by atoms with E-state index in [1.54, 1.807) is 32.0 Å². The standard InChI is InChI=1S/C23H31N3O4S/c1-6-24-23(28)19(4)25(15-20-12-8-7-11-18(20)3)22(27)16-26(31(5,29)30)21-13-9-10-17(2)14-21/h7-14,19H,6,15-16H2,1-5H3,(H,24,28)/t19-/m0/s1. The highest BCUT2D eigenvalue weighted by Gasteiger charge is 2.30. The van der Waals surface area contributed by atoms with Crippen LogP contribution in [-0.2, 0) is 26.2 Å². The van der Waals surface area contributed by atoms with Crippen molar-refractivity contribution in [1.29, 1.82) is 0 Å². The highest BCUT2D eigenvalue weighted by Crippen LogP contribution is 2.20. The molecule has 1 N–H and O–H groups in total. The molecule has 31 heavy (non-hydrogen) atoms. The molecule has 0 heterocycles. The molecule has 2 aromatic carbocycles. The summed E-state index contributed by atoms with van der Waals surface area (Å²) in [5, 5.41) is 2.74. The maximum Gasteiger partial charge on any atom is 0.244 e. The molecular weight excluding hydrogens is 414 g/mol. The number of benzene rings is 2. The number of anilines is 1. The zero-order chi connectivity index (χ0) is 23.2. The second-order valence-corrected chi connectivity index (χ2v) is 9.53. The molecule has 0 unspecified atom stereocenters. The molecule has 1 atom stereocenters. The summed E-state index contributed by atoms with van der Waals surface area (Å²) in [4.78, 5) is 27.3. The quantitative estimate of drug-likeness (QED) is 0.643. The summed E-state index contributed by atoms with van der Waals surface area (Å²) >= 11 is 0. The Hall–Kier alpha value is -2.87. The average molecular weight is 446 g/mol. The summed E-state index contributed by atoms with van der Waals surface area (Å²) in [6.45, 7) is 7.50. The zero-order valence-electron chi connectivity index (χ0n) is 18.8. The van der Waals surface area contributed by atoms with Crippen LogP contribution in [0.5, 0.6) is 0 Å². The Balaban J connectivity index is 2.40. The van der Waals surface area contributed by atoms with Gasteiger partial charge in [-0.3, -0.25) is 13.9 Å². The van der Waals surface area contributed by atoms with E-state index < -0.39 is 28.5 Å². The first-order valence-electron chi connectivity index (χ1n) is 10.2. The molecule has 0 radical (unpaired) electrons. The van der Waals surface area contributed by atoms with Gasteiger partial charge in [0, 0.05) is 13.1 Å². The first-order chi connectivity index (χ1) is 14.5. The van der Waals surface area contributed by atoms with Gasteiger partial charge in [-0.05, 0) is 56.5 Å². The number of carbonyl (C=O) groups is 2. The van der Waals surface area contributed by atoms with E-state index in [2.05, 4.69) is 5.32 Å². The summed E-state index contributed by atoms with van der Waals surface area (Å²) in [6, 6.07) is 13.8. The zero-order valence-corrected chi connectivity index (χ0v) is 19.6. The first kappa shape index (κ1) is 24.4. The van der Waals surface area contributed by atoms with E-state index in [0.717, 1.165) is 27.3 Å². The van der Waals surface area contributed by atoms with Crippen molar-refractivity contribution in [2.45, 2.75) is 40.3 Å². The van der Waals surface area contributed by atoms with Crippen molar-refractivity contribution in [2.24, 2.45) is 0 Å². The Bertz CT molecular complexity index is 1040. The summed E-state index contributed by atoms with van der Waals surface area (Å²) in [5.41, 5.74) is 3.18. The predicted molar refractivity (Wildman–Crippen MR) is 123 cm³/mol. The van der Waals surface area contributed by atoms with Crippen molar-refractivity contribution < 1.29 is 18.0 Å². The monoisotopic (exact) mass is 445 g/mol. The van der Waals surface area contributed by atoms with Gasteiger partial charge >= 0.3 is 0 Å². The van der Waals surface area contributed by atoms with E-state index in [1.807, 2.05) is 44.2 Å². The van der Waals surface area contributed by atoms with E-state index >= 15 is 0 Å². The number of amides is 2. The summed E-state index contributed by atoms with van der Waals surface area (Å²) < 4.78 is 26.1. The molecule has 2 amide bonds. The highest BCUT2D eigenvalue weighted by molar-refractivity contribution is 7.92. The van der Waals surface area contributed by atoms with Gasteiger partial charge in [-0.2, -0.15) is 0 Å². The summed E-state index contributed by atoms with van der Waals surface area (Å²) in [5.74, 6) is -0.736. The van der Waals surface area contributed by atoms with Crippen LogP contribution in [-0.4, -0.2) is 50.5 Å². The van der Waals surface area contributed by atoms with Crippen LogP contribution < -0.4 is 9.62 Å². The number of hydrogen-bond donors (Lipinski definition) is 1. The van der Waals surface area contributed by atoms with Crippen molar-refractivity contribution >= 4 is 27.5 Å². The minimum absolute atomic E-state index is 0.204. The number of rotatable bonds is 9. The topological polar surface area (TPSA) is 86.8 Å². The largest absolute Gasteiger partial charge is 0.355 e. The van der Waals surface area contributed by atoms with Crippen molar-refractivity contribution in [3.8, 4) is 0 Å². The molecule has 0 bridgehead atoms. The molecule has 8 heteroatoms. The number of aryl methyl sites for hydroxylation is 2. The lowest BCUT2D eigenvalue weighted by molar-refractivity contribution is -0.139. The van der Waals surface area contributed by atoms with Crippen molar-refractivity contribution in [1.82, 2.24) is 10.2 Å². The first-order valence-corrected chi connectivity index (χ1v) is 12.1. The van der Waals surface area contributed by atoms with E-state index in [4.69, 9.17) is 0 Å². The van der Waals surface area contributed by atoms with Crippen molar-refractivity contribution in [3.05, 3.63) is 65.2 Å². The van der Waals surface area contributed by atoms with Gasteiger partial charge in [0.15, 0.2) is 0 Å². The average Bonchev–Trinajstić information content (AvgIpc) is 2.70. The summed E-state index contributed by atoms with van der Waals surface area (Å²) in [6.07, 6.45) is 1.07. The molecule has 0 aromatic heterocycles. The molecule has 0 aliphatic carbocycles. The fourth-order valence-corrected chi connectivity index (χ4v) is 4.11. The molecule has 2 aromatic rings. The van der Waals surface area contributed by atoms with Gasteiger partial charge in [0.05, 0.1) is 11.9 Å². The lowest BCUT2D eigenvalue weighted by atomic mass is 10.1.